The Hall–Kier alpha value is -2.12. The van der Waals surface area contributed by atoms with Gasteiger partial charge in [-0.05, 0) is 80.5 Å². The van der Waals surface area contributed by atoms with Gasteiger partial charge in [-0.25, -0.2) is 0 Å². The maximum Gasteiger partial charge on any atom is 0.416 e. The van der Waals surface area contributed by atoms with Gasteiger partial charge in [0.05, 0.1) is 5.56 Å². The third-order valence-corrected chi connectivity index (χ3v) is 6.87. The molecule has 3 rings (SSSR count). The molecule has 1 aliphatic rings. The molecule has 1 fully saturated rings. The Bertz CT molecular complexity index is 957. The fourth-order valence-electron chi connectivity index (χ4n) is 4.68. The molecule has 33 heavy (non-hydrogen) atoms. The van der Waals surface area contributed by atoms with Crippen LogP contribution in [-0.2, 0) is 11.0 Å². The molecule has 0 radical (unpaired) electrons. The highest BCUT2D eigenvalue weighted by molar-refractivity contribution is 9.10. The Labute approximate surface area is 201 Å². The van der Waals surface area contributed by atoms with Gasteiger partial charge in [0.25, 0.3) is 0 Å². The van der Waals surface area contributed by atoms with Gasteiger partial charge in [0.1, 0.15) is 0 Å². The maximum absolute atomic E-state index is 13.1. The second kappa shape index (κ2) is 10.9. The molecule has 1 aliphatic heterocycles. The highest BCUT2D eigenvalue weighted by atomic mass is 79.9. The van der Waals surface area contributed by atoms with Crippen LogP contribution in [0.4, 0.5) is 13.2 Å². The van der Waals surface area contributed by atoms with Gasteiger partial charge in [-0.1, -0.05) is 45.8 Å². The van der Waals surface area contributed by atoms with Crippen molar-refractivity contribution in [2.75, 3.05) is 6.54 Å². The molecule has 2 aromatic carbocycles. The second-order valence-electron chi connectivity index (χ2n) is 8.92. The Morgan fingerprint density at radius 3 is 2.36 bits per heavy atom. The first-order valence-electron chi connectivity index (χ1n) is 11.1. The summed E-state index contributed by atoms with van der Waals surface area (Å²) in [6, 6.07) is 13.3. The van der Waals surface area contributed by atoms with Crippen molar-refractivity contribution >= 4 is 21.9 Å². The van der Waals surface area contributed by atoms with E-state index in [9.17, 15) is 23.1 Å². The molecular formula is C26H29BrF3NO2. The standard InChI is InChI=1S/C26H29BrF3NO2/c1-17(2)3-12-23(19-6-10-22(27)11-7-19)31-14-13-18(16-25(32)33)15-24(31)20-4-8-21(9-5-20)26(28,29)30/h4-11,18,23-24H,1,3,12-16H2,2H3,(H,32,33). The highest BCUT2D eigenvalue weighted by Gasteiger charge is 2.36. The molecular weight excluding hydrogens is 495 g/mol. The van der Waals surface area contributed by atoms with Crippen LogP contribution in [0.3, 0.4) is 0 Å². The number of rotatable bonds is 8. The zero-order valence-electron chi connectivity index (χ0n) is 18.6. The van der Waals surface area contributed by atoms with Gasteiger partial charge in [0.2, 0.25) is 0 Å². The van der Waals surface area contributed by atoms with E-state index >= 15 is 0 Å². The average Bonchev–Trinajstić information content (AvgIpc) is 2.74. The van der Waals surface area contributed by atoms with Gasteiger partial charge < -0.3 is 5.11 Å². The van der Waals surface area contributed by atoms with E-state index in [1.54, 1.807) is 12.1 Å². The average molecular weight is 524 g/mol. The quantitative estimate of drug-likeness (QED) is 0.359. The third kappa shape index (κ3) is 6.93. The minimum atomic E-state index is -4.39. The molecule has 7 heteroatoms. The molecule has 178 valence electrons. The fraction of sp³-hybridized carbons (Fsp3) is 0.423. The first kappa shape index (κ1) is 25.5. The lowest BCUT2D eigenvalue weighted by molar-refractivity contribution is -0.139. The molecule has 0 amide bonds. The molecule has 1 heterocycles. The smallest absolute Gasteiger partial charge is 0.416 e. The van der Waals surface area contributed by atoms with E-state index in [4.69, 9.17) is 0 Å². The van der Waals surface area contributed by atoms with E-state index in [1.165, 1.54) is 0 Å². The number of carbonyl (C=O) groups is 1. The lowest BCUT2D eigenvalue weighted by Crippen LogP contribution is -2.40. The molecule has 0 aliphatic carbocycles. The predicted molar refractivity (Wildman–Crippen MR) is 127 cm³/mol. The third-order valence-electron chi connectivity index (χ3n) is 6.34. The van der Waals surface area contributed by atoms with Gasteiger partial charge in [0.15, 0.2) is 0 Å². The van der Waals surface area contributed by atoms with Crippen LogP contribution in [0.15, 0.2) is 65.2 Å². The Morgan fingerprint density at radius 1 is 1.18 bits per heavy atom. The monoisotopic (exact) mass is 523 g/mol. The van der Waals surface area contributed by atoms with Crippen LogP contribution in [0.25, 0.3) is 0 Å². The van der Waals surface area contributed by atoms with Crippen molar-refractivity contribution < 1.29 is 23.1 Å². The number of alkyl halides is 3. The van der Waals surface area contributed by atoms with Gasteiger partial charge in [-0.2, -0.15) is 13.2 Å². The summed E-state index contributed by atoms with van der Waals surface area (Å²) in [6.07, 6.45) is -1.33. The van der Waals surface area contributed by atoms with Crippen molar-refractivity contribution in [1.29, 1.82) is 0 Å². The van der Waals surface area contributed by atoms with E-state index in [2.05, 4.69) is 39.5 Å². The van der Waals surface area contributed by atoms with Crippen LogP contribution in [0.5, 0.6) is 0 Å². The van der Waals surface area contributed by atoms with E-state index in [0.717, 1.165) is 52.6 Å². The van der Waals surface area contributed by atoms with Crippen molar-refractivity contribution in [3.63, 3.8) is 0 Å². The van der Waals surface area contributed by atoms with Crippen molar-refractivity contribution in [3.8, 4) is 0 Å². The number of carboxylic acid groups (broad SMARTS) is 1. The largest absolute Gasteiger partial charge is 0.481 e. The lowest BCUT2D eigenvalue weighted by Gasteiger charge is -2.44. The fourth-order valence-corrected chi connectivity index (χ4v) is 4.94. The van der Waals surface area contributed by atoms with Crippen LogP contribution < -0.4 is 0 Å². The summed E-state index contributed by atoms with van der Waals surface area (Å²) < 4.78 is 40.3. The molecule has 0 spiro atoms. The molecule has 0 bridgehead atoms. The summed E-state index contributed by atoms with van der Waals surface area (Å²) in [4.78, 5) is 13.7. The number of hydrogen-bond donors (Lipinski definition) is 1. The van der Waals surface area contributed by atoms with Crippen molar-refractivity contribution in [3.05, 3.63) is 81.8 Å². The molecule has 2 aromatic rings. The molecule has 1 N–H and O–H groups in total. The van der Waals surface area contributed by atoms with E-state index in [1.807, 2.05) is 19.1 Å². The topological polar surface area (TPSA) is 40.5 Å². The molecule has 1 saturated heterocycles. The molecule has 0 aromatic heterocycles. The lowest BCUT2D eigenvalue weighted by atomic mass is 9.82. The highest BCUT2D eigenvalue weighted by Crippen LogP contribution is 2.43. The van der Waals surface area contributed by atoms with Gasteiger partial charge in [-0.3, -0.25) is 9.69 Å². The van der Waals surface area contributed by atoms with Crippen molar-refractivity contribution in [1.82, 2.24) is 4.90 Å². The predicted octanol–water partition coefficient (Wildman–Crippen LogP) is 7.79. The van der Waals surface area contributed by atoms with Gasteiger partial charge in [-0.15, -0.1) is 6.58 Å². The van der Waals surface area contributed by atoms with Crippen LogP contribution in [0.1, 0.15) is 67.8 Å². The van der Waals surface area contributed by atoms with Crippen LogP contribution in [-0.4, -0.2) is 22.5 Å². The molecule has 3 nitrogen and oxygen atoms in total. The van der Waals surface area contributed by atoms with Gasteiger partial charge >= 0.3 is 12.1 Å². The summed E-state index contributed by atoms with van der Waals surface area (Å²) in [7, 11) is 0. The zero-order valence-corrected chi connectivity index (χ0v) is 20.2. The van der Waals surface area contributed by atoms with Crippen LogP contribution in [0.2, 0.25) is 0 Å². The number of nitrogens with zero attached hydrogens (tertiary/aromatic N) is 1. The first-order chi connectivity index (χ1) is 15.5. The van der Waals surface area contributed by atoms with E-state index in [-0.39, 0.29) is 24.4 Å². The number of hydrogen-bond acceptors (Lipinski definition) is 2. The molecule has 0 saturated carbocycles. The van der Waals surface area contributed by atoms with Crippen LogP contribution >= 0.6 is 15.9 Å². The number of allylic oxidation sites excluding steroid dienone is 1. The van der Waals surface area contributed by atoms with Gasteiger partial charge in [0, 0.05) is 23.0 Å². The van der Waals surface area contributed by atoms with E-state index < -0.39 is 17.7 Å². The summed E-state index contributed by atoms with van der Waals surface area (Å²) in [5, 5.41) is 9.32. The number of aliphatic carboxylic acids is 1. The number of piperidine rings is 1. The first-order valence-corrected chi connectivity index (χ1v) is 11.9. The minimum Gasteiger partial charge on any atom is -0.481 e. The Kier molecular flexibility index (Phi) is 8.40. The van der Waals surface area contributed by atoms with Crippen LogP contribution in [0, 0.1) is 5.92 Å². The Balaban J connectivity index is 1.97. The zero-order chi connectivity index (χ0) is 24.2. The van der Waals surface area contributed by atoms with Crippen molar-refractivity contribution in [2.45, 2.75) is 57.3 Å². The number of carboxylic acids is 1. The summed E-state index contributed by atoms with van der Waals surface area (Å²) >= 11 is 3.48. The maximum atomic E-state index is 13.1. The number of benzene rings is 2. The number of likely N-dealkylation sites (tertiary alicyclic amines) is 1. The number of halogens is 4. The summed E-state index contributed by atoms with van der Waals surface area (Å²) in [5.41, 5.74) is 2.31. The second-order valence-corrected chi connectivity index (χ2v) is 9.84. The van der Waals surface area contributed by atoms with E-state index in [0.29, 0.717) is 13.0 Å². The SMILES string of the molecule is C=C(C)CCC(c1ccc(Br)cc1)N1CCC(CC(=O)O)CC1c1ccc(C(F)(F)F)cc1. The molecule has 3 unspecified atom stereocenters. The molecule has 3 atom stereocenters. The summed E-state index contributed by atoms with van der Waals surface area (Å²) in [5.74, 6) is -0.857. The minimum absolute atomic E-state index is 0.0160. The normalized spacial score (nSPS) is 20.4. The summed E-state index contributed by atoms with van der Waals surface area (Å²) in [6.45, 7) is 6.71. The Morgan fingerprint density at radius 2 is 1.82 bits per heavy atom. The van der Waals surface area contributed by atoms with Crippen molar-refractivity contribution in [2.24, 2.45) is 5.92 Å².